The summed E-state index contributed by atoms with van der Waals surface area (Å²) < 4.78 is 0. The van der Waals surface area contributed by atoms with Crippen molar-refractivity contribution in [2.24, 2.45) is 4.99 Å². The maximum atomic E-state index is 11.5. The van der Waals surface area contributed by atoms with Crippen LogP contribution in [0.2, 0.25) is 0 Å². The van der Waals surface area contributed by atoms with Crippen molar-refractivity contribution in [3.05, 3.63) is 48.6 Å². The zero-order chi connectivity index (χ0) is 20.1. The lowest BCUT2D eigenvalue weighted by Crippen LogP contribution is -2.24. The monoisotopic (exact) mass is 400 g/mol. The number of nitrogens with one attached hydrogen (secondary N) is 1. The first-order valence-electron chi connectivity index (χ1n) is 10.8. The summed E-state index contributed by atoms with van der Waals surface area (Å²) in [5.74, 6) is 0.213. The first-order valence-corrected chi connectivity index (χ1v) is 11.2. The van der Waals surface area contributed by atoms with Crippen molar-refractivity contribution in [3.8, 4) is 0 Å². The predicted octanol–water partition coefficient (Wildman–Crippen LogP) is 6.49. The molecule has 0 bridgehead atoms. The van der Waals surface area contributed by atoms with E-state index in [2.05, 4.69) is 76.3 Å². The van der Waals surface area contributed by atoms with Crippen molar-refractivity contribution >= 4 is 23.3 Å². The second kappa shape index (κ2) is 18.6. The molecule has 1 saturated carbocycles. The number of isothiocyanates is 1. The van der Waals surface area contributed by atoms with Crippen molar-refractivity contribution in [1.82, 2.24) is 5.32 Å². The van der Waals surface area contributed by atoms with Crippen LogP contribution in [-0.2, 0) is 4.79 Å². The summed E-state index contributed by atoms with van der Waals surface area (Å²) in [6, 6.07) is 0.482. The van der Waals surface area contributed by atoms with Crippen LogP contribution < -0.4 is 5.32 Å². The van der Waals surface area contributed by atoms with Crippen molar-refractivity contribution < 1.29 is 4.79 Å². The van der Waals surface area contributed by atoms with Gasteiger partial charge in [0.05, 0.1) is 5.16 Å². The standard InChI is InChI=1S/C24H36N2OS/c27-24(26-23-19-20-23)18-16-14-12-10-8-6-4-2-1-3-5-7-9-11-13-15-17-21-25-22-28/h1,3-4,6-7,9-10,12,23H,2,5,8,11,13-21H2,(H,26,27). The Morgan fingerprint density at radius 3 is 2.00 bits per heavy atom. The molecule has 0 aromatic heterocycles. The van der Waals surface area contributed by atoms with Crippen LogP contribution in [0.5, 0.6) is 0 Å². The summed E-state index contributed by atoms with van der Waals surface area (Å²) in [5, 5.41) is 5.42. The fourth-order valence-corrected chi connectivity index (χ4v) is 2.72. The highest BCUT2D eigenvalue weighted by atomic mass is 32.1. The Kier molecular flexibility index (Phi) is 16.1. The summed E-state index contributed by atoms with van der Waals surface area (Å²) in [6.45, 7) is 0.818. The molecule has 0 heterocycles. The molecule has 1 rings (SSSR count). The lowest BCUT2D eigenvalue weighted by Gasteiger charge is -2.00. The van der Waals surface area contributed by atoms with Gasteiger partial charge >= 0.3 is 0 Å². The van der Waals surface area contributed by atoms with Crippen LogP contribution in [0, 0.1) is 0 Å². The summed E-state index contributed by atoms with van der Waals surface area (Å²) in [5.41, 5.74) is 0. The van der Waals surface area contributed by atoms with Gasteiger partial charge in [0.2, 0.25) is 5.91 Å². The second-order valence-electron chi connectivity index (χ2n) is 7.15. The number of allylic oxidation sites excluding steroid dienone is 8. The molecule has 4 heteroatoms. The third kappa shape index (κ3) is 17.6. The van der Waals surface area contributed by atoms with Crippen molar-refractivity contribution in [3.63, 3.8) is 0 Å². The first kappa shape index (κ1) is 24.3. The Hall–Kier alpha value is -1.77. The van der Waals surface area contributed by atoms with Crippen LogP contribution in [0.4, 0.5) is 0 Å². The molecule has 28 heavy (non-hydrogen) atoms. The molecule has 3 nitrogen and oxygen atoms in total. The van der Waals surface area contributed by atoms with E-state index in [-0.39, 0.29) is 5.91 Å². The number of rotatable bonds is 17. The minimum atomic E-state index is 0.213. The maximum Gasteiger partial charge on any atom is 0.220 e. The third-order valence-electron chi connectivity index (χ3n) is 4.41. The molecule has 0 aromatic rings. The van der Waals surface area contributed by atoms with Gasteiger partial charge in [0, 0.05) is 19.0 Å². The lowest BCUT2D eigenvalue weighted by atomic mass is 10.2. The quantitative estimate of drug-likeness (QED) is 0.131. The van der Waals surface area contributed by atoms with E-state index in [1.807, 2.05) is 0 Å². The molecule has 1 amide bonds. The Morgan fingerprint density at radius 2 is 1.43 bits per heavy atom. The van der Waals surface area contributed by atoms with Crippen LogP contribution in [0.25, 0.3) is 0 Å². The number of nitrogens with zero attached hydrogens (tertiary/aromatic N) is 1. The number of unbranched alkanes of at least 4 members (excludes halogenated alkanes) is 4. The van der Waals surface area contributed by atoms with Gasteiger partial charge in [-0.1, -0.05) is 55.0 Å². The Bertz CT molecular complexity index is 567. The number of carbonyl (C=O) groups is 1. The van der Waals surface area contributed by atoms with Gasteiger partial charge in [-0.3, -0.25) is 4.79 Å². The van der Waals surface area contributed by atoms with Crippen LogP contribution in [0.15, 0.2) is 53.6 Å². The van der Waals surface area contributed by atoms with Gasteiger partial charge < -0.3 is 5.32 Å². The van der Waals surface area contributed by atoms with Gasteiger partial charge in [0.25, 0.3) is 0 Å². The average molecular weight is 401 g/mol. The van der Waals surface area contributed by atoms with Crippen LogP contribution in [0.3, 0.4) is 0 Å². The Labute approximate surface area is 176 Å². The van der Waals surface area contributed by atoms with Gasteiger partial charge in [0.15, 0.2) is 0 Å². The van der Waals surface area contributed by atoms with E-state index < -0.39 is 0 Å². The summed E-state index contributed by atoms with van der Waals surface area (Å²) >= 11 is 4.54. The molecule has 0 unspecified atom stereocenters. The number of hydrogen-bond acceptors (Lipinski definition) is 3. The molecule has 1 aliphatic rings. The minimum Gasteiger partial charge on any atom is -0.353 e. The molecule has 1 aliphatic carbocycles. The summed E-state index contributed by atoms with van der Waals surface area (Å²) in [4.78, 5) is 15.4. The highest BCUT2D eigenvalue weighted by Gasteiger charge is 2.22. The van der Waals surface area contributed by atoms with Crippen LogP contribution in [0.1, 0.15) is 77.0 Å². The molecule has 1 fully saturated rings. The zero-order valence-electron chi connectivity index (χ0n) is 17.2. The van der Waals surface area contributed by atoms with Crippen molar-refractivity contribution in [1.29, 1.82) is 0 Å². The number of aliphatic imine (C=N–C) groups is 1. The van der Waals surface area contributed by atoms with E-state index in [1.165, 1.54) is 12.8 Å². The molecule has 0 spiro atoms. The molecular formula is C24H36N2OS. The molecular weight excluding hydrogens is 364 g/mol. The smallest absolute Gasteiger partial charge is 0.220 e. The van der Waals surface area contributed by atoms with Gasteiger partial charge in [-0.2, -0.15) is 0 Å². The topological polar surface area (TPSA) is 41.5 Å². The predicted molar refractivity (Wildman–Crippen MR) is 124 cm³/mol. The number of thiocarbonyl (C=S) groups is 1. The van der Waals surface area contributed by atoms with E-state index in [0.717, 1.165) is 64.3 Å². The fourth-order valence-electron chi connectivity index (χ4n) is 2.63. The summed E-state index contributed by atoms with van der Waals surface area (Å²) in [7, 11) is 0. The van der Waals surface area contributed by atoms with Crippen LogP contribution in [-0.4, -0.2) is 23.7 Å². The normalized spacial score (nSPS) is 14.4. The number of amides is 1. The zero-order valence-corrected chi connectivity index (χ0v) is 18.0. The van der Waals surface area contributed by atoms with E-state index in [4.69, 9.17) is 0 Å². The SMILES string of the molecule is O=C(CCCC=CCC=CCC=CCC=CCCCCCN=C=S)NC1CC1. The highest BCUT2D eigenvalue weighted by Crippen LogP contribution is 2.18. The number of hydrogen-bond donors (Lipinski definition) is 1. The Morgan fingerprint density at radius 1 is 0.857 bits per heavy atom. The Balaban J connectivity index is 1.85. The number of carbonyl (C=O) groups excluding carboxylic acids is 1. The van der Waals surface area contributed by atoms with Crippen LogP contribution >= 0.6 is 12.2 Å². The van der Waals surface area contributed by atoms with Gasteiger partial charge in [-0.25, -0.2) is 4.99 Å². The minimum absolute atomic E-state index is 0.213. The first-order chi connectivity index (χ1) is 13.8. The molecule has 0 aromatic carbocycles. The van der Waals surface area contributed by atoms with Crippen molar-refractivity contribution in [2.45, 2.75) is 83.1 Å². The third-order valence-corrected chi connectivity index (χ3v) is 4.53. The van der Waals surface area contributed by atoms with Gasteiger partial charge in [0.1, 0.15) is 0 Å². The van der Waals surface area contributed by atoms with E-state index in [0.29, 0.717) is 12.5 Å². The fraction of sp³-hybridized carbons (Fsp3) is 0.583. The molecule has 0 radical (unpaired) electrons. The van der Waals surface area contributed by atoms with Gasteiger partial charge in [-0.05, 0) is 76.4 Å². The van der Waals surface area contributed by atoms with Crippen molar-refractivity contribution in [2.75, 3.05) is 6.54 Å². The van der Waals surface area contributed by atoms with E-state index in [1.54, 1.807) is 0 Å². The maximum absolute atomic E-state index is 11.5. The molecule has 0 atom stereocenters. The van der Waals surface area contributed by atoms with Gasteiger partial charge in [-0.15, -0.1) is 0 Å². The summed E-state index contributed by atoms with van der Waals surface area (Å²) in [6.07, 6.45) is 30.3. The second-order valence-corrected chi connectivity index (χ2v) is 7.33. The average Bonchev–Trinajstić information content (AvgIpc) is 3.50. The van der Waals surface area contributed by atoms with E-state index in [9.17, 15) is 4.79 Å². The van der Waals surface area contributed by atoms with E-state index >= 15 is 0 Å². The largest absolute Gasteiger partial charge is 0.353 e. The lowest BCUT2D eigenvalue weighted by molar-refractivity contribution is -0.121. The molecule has 1 N–H and O–H groups in total. The molecule has 0 aliphatic heterocycles. The highest BCUT2D eigenvalue weighted by molar-refractivity contribution is 7.78. The molecule has 154 valence electrons. The molecule has 0 saturated heterocycles.